The summed E-state index contributed by atoms with van der Waals surface area (Å²) >= 11 is 0. The molecule has 1 aromatic rings. The highest BCUT2D eigenvalue weighted by molar-refractivity contribution is 5.61. The SMILES string of the molecule is CN(CC1CC2CCC1C2)c1nn(C)cc1N. The minimum Gasteiger partial charge on any atom is -0.394 e. The quantitative estimate of drug-likeness (QED) is 0.868. The molecule has 1 aromatic heterocycles. The number of nitrogens with two attached hydrogens (primary N) is 1. The molecule has 0 spiro atoms. The van der Waals surface area contributed by atoms with Crippen LogP contribution in [0.2, 0.25) is 0 Å². The standard InChI is InChI=1S/C13H22N4/c1-16(13-12(14)8-17(2)15-13)7-11-6-9-3-4-10(11)5-9/h8-11H,3-7,14H2,1-2H3. The number of fused-ring (bicyclic) bond motifs is 2. The third kappa shape index (κ3) is 1.90. The van der Waals surface area contributed by atoms with Gasteiger partial charge in [0, 0.05) is 26.8 Å². The maximum atomic E-state index is 5.97. The van der Waals surface area contributed by atoms with Crippen LogP contribution in [-0.2, 0) is 7.05 Å². The van der Waals surface area contributed by atoms with Crippen LogP contribution in [0.15, 0.2) is 6.20 Å². The van der Waals surface area contributed by atoms with Gasteiger partial charge in [0.2, 0.25) is 0 Å². The summed E-state index contributed by atoms with van der Waals surface area (Å²) in [4.78, 5) is 2.24. The van der Waals surface area contributed by atoms with Gasteiger partial charge in [-0.05, 0) is 37.0 Å². The van der Waals surface area contributed by atoms with Crippen LogP contribution in [0.3, 0.4) is 0 Å². The van der Waals surface area contributed by atoms with Gasteiger partial charge in [-0.25, -0.2) is 0 Å². The zero-order valence-corrected chi connectivity index (χ0v) is 10.8. The number of aryl methyl sites for hydroxylation is 1. The van der Waals surface area contributed by atoms with Crippen LogP contribution in [-0.4, -0.2) is 23.4 Å². The van der Waals surface area contributed by atoms with E-state index in [2.05, 4.69) is 17.0 Å². The van der Waals surface area contributed by atoms with Crippen LogP contribution < -0.4 is 10.6 Å². The minimum absolute atomic E-state index is 0.790. The Labute approximate surface area is 103 Å². The maximum Gasteiger partial charge on any atom is 0.173 e. The third-order valence-corrected chi connectivity index (χ3v) is 4.59. The molecular weight excluding hydrogens is 212 g/mol. The molecule has 17 heavy (non-hydrogen) atoms. The van der Waals surface area contributed by atoms with Gasteiger partial charge in [-0.1, -0.05) is 6.42 Å². The molecule has 4 heteroatoms. The molecule has 2 aliphatic carbocycles. The van der Waals surface area contributed by atoms with Crippen molar-refractivity contribution >= 4 is 11.5 Å². The molecule has 1 heterocycles. The zero-order chi connectivity index (χ0) is 12.0. The Kier molecular flexibility index (Phi) is 2.53. The fourth-order valence-electron chi connectivity index (χ4n) is 3.83. The molecule has 3 rings (SSSR count). The Morgan fingerprint density at radius 3 is 2.82 bits per heavy atom. The number of anilines is 2. The van der Waals surface area contributed by atoms with Crippen molar-refractivity contribution in [2.75, 3.05) is 24.2 Å². The first kappa shape index (κ1) is 10.9. The third-order valence-electron chi connectivity index (χ3n) is 4.59. The lowest BCUT2D eigenvalue weighted by atomic mass is 9.88. The van der Waals surface area contributed by atoms with Crippen LogP contribution >= 0.6 is 0 Å². The molecule has 0 aromatic carbocycles. The molecule has 4 nitrogen and oxygen atoms in total. The lowest BCUT2D eigenvalue weighted by Crippen LogP contribution is -2.29. The summed E-state index contributed by atoms with van der Waals surface area (Å²) in [5.74, 6) is 3.78. The van der Waals surface area contributed by atoms with Crippen molar-refractivity contribution in [2.45, 2.75) is 25.7 Å². The second-order valence-electron chi connectivity index (χ2n) is 5.90. The summed E-state index contributed by atoms with van der Waals surface area (Å²) in [6.45, 7) is 1.11. The van der Waals surface area contributed by atoms with Gasteiger partial charge in [0.1, 0.15) is 0 Å². The van der Waals surface area contributed by atoms with Crippen molar-refractivity contribution in [2.24, 2.45) is 24.8 Å². The first-order chi connectivity index (χ1) is 8.13. The number of hydrogen-bond acceptors (Lipinski definition) is 3. The Morgan fingerprint density at radius 2 is 2.29 bits per heavy atom. The molecule has 0 saturated heterocycles. The van der Waals surface area contributed by atoms with Crippen molar-refractivity contribution in [3.63, 3.8) is 0 Å². The number of hydrogen-bond donors (Lipinski definition) is 1. The molecule has 2 aliphatic rings. The Hall–Kier alpha value is -1.19. The van der Waals surface area contributed by atoms with E-state index in [4.69, 9.17) is 5.73 Å². The van der Waals surface area contributed by atoms with Gasteiger partial charge < -0.3 is 10.6 Å². The second kappa shape index (κ2) is 3.93. The highest BCUT2D eigenvalue weighted by Crippen LogP contribution is 2.48. The van der Waals surface area contributed by atoms with Crippen molar-refractivity contribution in [3.8, 4) is 0 Å². The fourth-order valence-corrected chi connectivity index (χ4v) is 3.83. The lowest BCUT2D eigenvalue weighted by molar-refractivity contribution is 0.337. The summed E-state index contributed by atoms with van der Waals surface area (Å²) in [5.41, 5.74) is 6.76. The fraction of sp³-hybridized carbons (Fsp3) is 0.769. The zero-order valence-electron chi connectivity index (χ0n) is 10.8. The maximum absolute atomic E-state index is 5.97. The topological polar surface area (TPSA) is 47.1 Å². The smallest absolute Gasteiger partial charge is 0.173 e. The van der Waals surface area contributed by atoms with Crippen LogP contribution in [0.5, 0.6) is 0 Å². The van der Waals surface area contributed by atoms with Crippen molar-refractivity contribution in [3.05, 3.63) is 6.20 Å². The summed E-state index contributed by atoms with van der Waals surface area (Å²) in [7, 11) is 4.04. The average Bonchev–Trinajstić information content (AvgIpc) is 2.93. The van der Waals surface area contributed by atoms with Gasteiger partial charge in [-0.15, -0.1) is 0 Å². The van der Waals surface area contributed by atoms with Gasteiger partial charge >= 0.3 is 0 Å². The molecule has 94 valence electrons. The monoisotopic (exact) mass is 234 g/mol. The number of nitrogens with zero attached hydrogens (tertiary/aromatic N) is 3. The predicted molar refractivity (Wildman–Crippen MR) is 69.8 cm³/mol. The van der Waals surface area contributed by atoms with Crippen LogP contribution in [0.25, 0.3) is 0 Å². The van der Waals surface area contributed by atoms with E-state index < -0.39 is 0 Å². The number of nitrogen functional groups attached to an aromatic ring is 1. The summed E-state index contributed by atoms with van der Waals surface area (Å²) in [6, 6.07) is 0. The molecule has 3 unspecified atom stereocenters. The Morgan fingerprint density at radius 1 is 1.47 bits per heavy atom. The molecule has 2 N–H and O–H groups in total. The van der Waals surface area contributed by atoms with Crippen LogP contribution in [0.1, 0.15) is 25.7 Å². The average molecular weight is 234 g/mol. The molecule has 0 aliphatic heterocycles. The Bertz CT molecular complexity index is 412. The minimum atomic E-state index is 0.790. The van der Waals surface area contributed by atoms with E-state index in [9.17, 15) is 0 Å². The van der Waals surface area contributed by atoms with Gasteiger partial charge in [-0.2, -0.15) is 5.10 Å². The van der Waals surface area contributed by atoms with Gasteiger partial charge in [-0.3, -0.25) is 4.68 Å². The van der Waals surface area contributed by atoms with Crippen LogP contribution in [0, 0.1) is 17.8 Å². The molecular formula is C13H22N4. The number of rotatable bonds is 3. The van der Waals surface area contributed by atoms with Crippen molar-refractivity contribution in [1.29, 1.82) is 0 Å². The lowest BCUT2D eigenvalue weighted by Gasteiger charge is -2.27. The van der Waals surface area contributed by atoms with E-state index in [1.165, 1.54) is 25.7 Å². The van der Waals surface area contributed by atoms with Gasteiger partial charge in [0.25, 0.3) is 0 Å². The molecule has 0 radical (unpaired) electrons. The van der Waals surface area contributed by atoms with Gasteiger partial charge in [0.15, 0.2) is 5.82 Å². The molecule has 2 bridgehead atoms. The molecule has 2 saturated carbocycles. The normalized spacial score (nSPS) is 31.1. The highest BCUT2D eigenvalue weighted by atomic mass is 15.3. The van der Waals surface area contributed by atoms with Crippen LogP contribution in [0.4, 0.5) is 11.5 Å². The van der Waals surface area contributed by atoms with Crippen molar-refractivity contribution in [1.82, 2.24) is 9.78 Å². The van der Waals surface area contributed by atoms with Crippen molar-refractivity contribution < 1.29 is 0 Å². The summed E-state index contributed by atoms with van der Waals surface area (Å²) < 4.78 is 1.79. The summed E-state index contributed by atoms with van der Waals surface area (Å²) in [5, 5.41) is 4.43. The van der Waals surface area contributed by atoms with E-state index in [-0.39, 0.29) is 0 Å². The van der Waals surface area contributed by atoms with Gasteiger partial charge in [0.05, 0.1) is 5.69 Å². The number of aromatic nitrogens is 2. The van der Waals surface area contributed by atoms with E-state index in [1.807, 2.05) is 13.2 Å². The highest BCUT2D eigenvalue weighted by Gasteiger charge is 2.39. The summed E-state index contributed by atoms with van der Waals surface area (Å²) in [6.07, 6.45) is 7.68. The Balaban J connectivity index is 1.67. The molecule has 3 atom stereocenters. The molecule has 0 amide bonds. The van der Waals surface area contributed by atoms with E-state index in [0.717, 1.165) is 35.8 Å². The largest absolute Gasteiger partial charge is 0.394 e. The molecule has 2 fully saturated rings. The van der Waals surface area contributed by atoms with E-state index >= 15 is 0 Å². The first-order valence-corrected chi connectivity index (χ1v) is 6.63. The first-order valence-electron chi connectivity index (χ1n) is 6.63. The van der Waals surface area contributed by atoms with E-state index in [0.29, 0.717) is 0 Å². The predicted octanol–water partition coefficient (Wildman–Crippen LogP) is 1.87. The second-order valence-corrected chi connectivity index (χ2v) is 5.90. The van der Waals surface area contributed by atoms with E-state index in [1.54, 1.807) is 4.68 Å².